The standard InChI is InChI=1S/C30H35F9O2/c1-2-3-4-18-5-7-19(8-6-18)20-9-11-21(12-10-20)22-15-24(31)27(25(32)16-22)29(35,36)40-23-13-14-28(34,26(33)17-23)41-30(37,38)39/h13-21,26H,2-12H2,1H3. The van der Waals surface area contributed by atoms with Crippen molar-refractivity contribution in [3.8, 4) is 0 Å². The van der Waals surface area contributed by atoms with Crippen LogP contribution >= 0.6 is 0 Å². The van der Waals surface area contributed by atoms with Crippen molar-refractivity contribution in [3.63, 3.8) is 0 Å². The molecule has 2 fully saturated rings. The highest BCUT2D eigenvalue weighted by Crippen LogP contribution is 2.46. The van der Waals surface area contributed by atoms with Crippen LogP contribution < -0.4 is 0 Å². The smallest absolute Gasteiger partial charge is 0.429 e. The number of rotatable bonds is 9. The second-order valence-corrected chi connectivity index (χ2v) is 11.6. The van der Waals surface area contributed by atoms with Gasteiger partial charge in [-0.2, -0.15) is 8.78 Å². The van der Waals surface area contributed by atoms with Gasteiger partial charge in [0.25, 0.3) is 5.85 Å². The molecule has 1 aromatic rings. The van der Waals surface area contributed by atoms with E-state index >= 15 is 0 Å². The second-order valence-electron chi connectivity index (χ2n) is 11.6. The van der Waals surface area contributed by atoms with E-state index in [0.717, 1.165) is 30.9 Å². The Morgan fingerprint density at radius 3 is 1.95 bits per heavy atom. The predicted molar refractivity (Wildman–Crippen MR) is 134 cm³/mol. The summed E-state index contributed by atoms with van der Waals surface area (Å²) in [7, 11) is 0. The molecule has 4 rings (SSSR count). The van der Waals surface area contributed by atoms with Crippen LogP contribution in [0.3, 0.4) is 0 Å². The molecule has 0 spiro atoms. The van der Waals surface area contributed by atoms with Crippen LogP contribution in [0.4, 0.5) is 39.5 Å². The van der Waals surface area contributed by atoms with Crippen molar-refractivity contribution in [1.82, 2.24) is 0 Å². The van der Waals surface area contributed by atoms with Crippen molar-refractivity contribution in [2.24, 2.45) is 17.8 Å². The van der Waals surface area contributed by atoms with Gasteiger partial charge in [-0.1, -0.05) is 39.0 Å². The van der Waals surface area contributed by atoms with Crippen molar-refractivity contribution in [1.29, 1.82) is 0 Å². The van der Waals surface area contributed by atoms with E-state index in [1.165, 1.54) is 44.9 Å². The minimum absolute atomic E-state index is 0.0278. The summed E-state index contributed by atoms with van der Waals surface area (Å²) in [6, 6.07) is 1.68. The molecule has 0 heterocycles. The average Bonchev–Trinajstić information content (AvgIpc) is 2.88. The summed E-state index contributed by atoms with van der Waals surface area (Å²) in [6.45, 7) is 2.20. The van der Waals surface area contributed by atoms with Crippen LogP contribution in [-0.2, 0) is 15.6 Å². The van der Waals surface area contributed by atoms with Crippen LogP contribution in [-0.4, -0.2) is 18.4 Å². The molecule has 0 amide bonds. The highest BCUT2D eigenvalue weighted by molar-refractivity contribution is 5.32. The van der Waals surface area contributed by atoms with Gasteiger partial charge in [-0.3, -0.25) is 0 Å². The van der Waals surface area contributed by atoms with Gasteiger partial charge in [0.15, 0.2) is 6.17 Å². The molecular formula is C30H35F9O2. The minimum atomic E-state index is -5.56. The summed E-state index contributed by atoms with van der Waals surface area (Å²) in [6.07, 6.45) is -1.44. The minimum Gasteiger partial charge on any atom is -0.429 e. The van der Waals surface area contributed by atoms with Gasteiger partial charge < -0.3 is 4.74 Å². The summed E-state index contributed by atoms with van der Waals surface area (Å²) < 4.78 is 132. The van der Waals surface area contributed by atoms with E-state index < -0.39 is 47.5 Å². The molecule has 0 aromatic heterocycles. The fraction of sp³-hybridized carbons (Fsp3) is 0.667. The summed E-state index contributed by atoms with van der Waals surface area (Å²) >= 11 is 0. The van der Waals surface area contributed by atoms with Crippen LogP contribution in [0.5, 0.6) is 0 Å². The molecule has 0 aliphatic heterocycles. The summed E-state index contributed by atoms with van der Waals surface area (Å²) in [5, 5.41) is 0. The van der Waals surface area contributed by atoms with E-state index in [0.29, 0.717) is 24.7 Å². The average molecular weight is 599 g/mol. The zero-order valence-corrected chi connectivity index (χ0v) is 22.8. The van der Waals surface area contributed by atoms with E-state index in [-0.39, 0.29) is 29.7 Å². The SMILES string of the molecule is CCCCC1CCC(C2CCC(c3cc(F)c(C(F)(F)OC4=CC(F)C(F)(OC(F)(F)F)C=C4)c(F)c3)CC2)CC1. The third-order valence-electron chi connectivity index (χ3n) is 8.80. The van der Waals surface area contributed by atoms with Crippen molar-refractivity contribution >= 4 is 0 Å². The van der Waals surface area contributed by atoms with Crippen LogP contribution in [0.2, 0.25) is 0 Å². The highest BCUT2D eigenvalue weighted by atomic mass is 19.4. The van der Waals surface area contributed by atoms with Crippen LogP contribution in [0, 0.1) is 29.4 Å². The highest BCUT2D eigenvalue weighted by Gasteiger charge is 2.50. The molecule has 0 saturated heterocycles. The maximum Gasteiger partial charge on any atom is 0.525 e. The van der Waals surface area contributed by atoms with Crippen LogP contribution in [0.25, 0.3) is 0 Å². The third-order valence-corrected chi connectivity index (χ3v) is 8.80. The monoisotopic (exact) mass is 598 g/mol. The first-order valence-corrected chi connectivity index (χ1v) is 14.3. The summed E-state index contributed by atoms with van der Waals surface area (Å²) in [4.78, 5) is 0. The van der Waals surface area contributed by atoms with Crippen LogP contribution in [0.15, 0.2) is 36.1 Å². The lowest BCUT2D eigenvalue weighted by Crippen LogP contribution is -2.41. The van der Waals surface area contributed by atoms with Crippen molar-refractivity contribution in [3.05, 3.63) is 58.9 Å². The topological polar surface area (TPSA) is 18.5 Å². The molecule has 0 bridgehead atoms. The molecule has 41 heavy (non-hydrogen) atoms. The van der Waals surface area contributed by atoms with Crippen molar-refractivity contribution in [2.45, 2.75) is 108 Å². The number of ether oxygens (including phenoxy) is 2. The van der Waals surface area contributed by atoms with Gasteiger partial charge in [0, 0.05) is 0 Å². The molecule has 1 aromatic carbocycles. The summed E-state index contributed by atoms with van der Waals surface area (Å²) in [5.74, 6) is -6.47. The molecule has 3 aliphatic carbocycles. The van der Waals surface area contributed by atoms with Crippen molar-refractivity contribution < 1.29 is 49.0 Å². The lowest BCUT2D eigenvalue weighted by molar-refractivity contribution is -0.388. The first kappa shape index (κ1) is 31.8. The van der Waals surface area contributed by atoms with Gasteiger partial charge in [-0.05, 0) is 98.1 Å². The molecule has 0 N–H and O–H groups in total. The van der Waals surface area contributed by atoms with E-state index in [9.17, 15) is 39.5 Å². The second kappa shape index (κ2) is 12.6. The Morgan fingerprint density at radius 2 is 1.44 bits per heavy atom. The van der Waals surface area contributed by atoms with E-state index in [2.05, 4.69) is 16.4 Å². The summed E-state index contributed by atoms with van der Waals surface area (Å²) in [5.41, 5.74) is -1.48. The molecule has 0 radical (unpaired) electrons. The Kier molecular flexibility index (Phi) is 9.76. The maximum atomic E-state index is 14.9. The van der Waals surface area contributed by atoms with Gasteiger partial charge in [-0.25, -0.2) is 22.3 Å². The lowest BCUT2D eigenvalue weighted by Gasteiger charge is -2.38. The molecule has 2 atom stereocenters. The van der Waals surface area contributed by atoms with E-state index in [1.54, 1.807) is 0 Å². The van der Waals surface area contributed by atoms with E-state index in [1.807, 2.05) is 0 Å². The molecule has 11 heteroatoms. The first-order valence-electron chi connectivity index (χ1n) is 14.3. The molecule has 2 unspecified atom stereocenters. The Morgan fingerprint density at radius 1 is 0.878 bits per heavy atom. The maximum absolute atomic E-state index is 14.9. The Labute approximate surface area is 234 Å². The van der Waals surface area contributed by atoms with Gasteiger partial charge in [0.1, 0.15) is 23.0 Å². The fourth-order valence-electron chi connectivity index (χ4n) is 6.61. The quantitative estimate of drug-likeness (QED) is 0.263. The molecule has 3 aliphatic rings. The molecule has 2 saturated carbocycles. The number of halogens is 9. The lowest BCUT2D eigenvalue weighted by atomic mass is 9.68. The number of unbranched alkanes of at least 4 members (excludes halogenated alkanes) is 1. The number of allylic oxidation sites excluding steroid dienone is 1. The normalized spacial score (nSPS) is 31.2. The zero-order valence-electron chi connectivity index (χ0n) is 22.8. The number of hydrogen-bond acceptors (Lipinski definition) is 2. The molecular weight excluding hydrogens is 563 g/mol. The van der Waals surface area contributed by atoms with Gasteiger partial charge >= 0.3 is 12.5 Å². The zero-order chi connectivity index (χ0) is 30.0. The Bertz CT molecular complexity index is 1080. The third kappa shape index (κ3) is 7.82. The van der Waals surface area contributed by atoms with Gasteiger partial charge in [0.05, 0.1) is 0 Å². The van der Waals surface area contributed by atoms with Gasteiger partial charge in [-0.15, -0.1) is 13.2 Å². The Hall–Kier alpha value is -2.17. The van der Waals surface area contributed by atoms with Gasteiger partial charge in [0.2, 0.25) is 0 Å². The number of alkyl halides is 7. The first-order chi connectivity index (χ1) is 19.2. The molecule has 230 valence electrons. The largest absolute Gasteiger partial charge is 0.525 e. The fourth-order valence-corrected chi connectivity index (χ4v) is 6.61. The number of hydrogen-bond donors (Lipinski definition) is 0. The van der Waals surface area contributed by atoms with Crippen LogP contribution in [0.1, 0.15) is 94.6 Å². The van der Waals surface area contributed by atoms with E-state index in [4.69, 9.17) is 0 Å². The Balaban J connectivity index is 1.37. The number of benzene rings is 1. The predicted octanol–water partition coefficient (Wildman–Crippen LogP) is 10.3. The molecule has 2 nitrogen and oxygen atoms in total. The van der Waals surface area contributed by atoms with Crippen molar-refractivity contribution in [2.75, 3.05) is 0 Å².